The van der Waals surface area contributed by atoms with Crippen molar-refractivity contribution in [2.24, 2.45) is 7.05 Å². The Balaban J connectivity index is 1.28. The van der Waals surface area contributed by atoms with Crippen LogP contribution >= 0.6 is 0 Å². The lowest BCUT2D eigenvalue weighted by Gasteiger charge is -2.22. The summed E-state index contributed by atoms with van der Waals surface area (Å²) in [5.74, 6) is 1.07. The molecule has 0 bridgehead atoms. The van der Waals surface area contributed by atoms with Crippen molar-refractivity contribution < 1.29 is 27.4 Å². The second-order valence-electron chi connectivity index (χ2n) is 13.3. The van der Waals surface area contributed by atoms with Crippen molar-refractivity contribution in [3.8, 4) is 22.6 Å². The molecule has 270 valence electrons. The third-order valence-corrected chi connectivity index (χ3v) is 10.8. The first-order chi connectivity index (χ1) is 25.1. The van der Waals surface area contributed by atoms with E-state index in [4.69, 9.17) is 19.3 Å². The van der Waals surface area contributed by atoms with Gasteiger partial charge in [-0.3, -0.25) is 4.68 Å². The predicted octanol–water partition coefficient (Wildman–Crippen LogP) is 7.20. The van der Waals surface area contributed by atoms with Crippen LogP contribution in [0.15, 0.2) is 89.8 Å². The first kappa shape index (κ1) is 35.3. The zero-order valence-electron chi connectivity index (χ0n) is 30.1. The van der Waals surface area contributed by atoms with E-state index in [1.807, 2.05) is 49.0 Å². The largest absolute Gasteiger partial charge is 0.493 e. The lowest BCUT2D eigenvalue weighted by atomic mass is 9.97. The summed E-state index contributed by atoms with van der Waals surface area (Å²) in [6.07, 6.45) is 3.37. The highest BCUT2D eigenvalue weighted by Gasteiger charge is 2.29. The number of fused-ring (bicyclic) bond motifs is 3. The molecular formula is C41H44N4O6S. The number of carbonyl (C=O) groups is 1. The van der Waals surface area contributed by atoms with Crippen LogP contribution in [0.25, 0.3) is 32.8 Å². The number of sulfone groups is 1. The van der Waals surface area contributed by atoms with Gasteiger partial charge in [0.1, 0.15) is 29.5 Å². The summed E-state index contributed by atoms with van der Waals surface area (Å²) in [5.41, 5.74) is 6.26. The second-order valence-corrected chi connectivity index (χ2v) is 15.4. The zero-order chi connectivity index (χ0) is 36.4. The Morgan fingerprint density at radius 2 is 1.63 bits per heavy atom. The molecule has 0 unspecified atom stereocenters. The molecule has 0 spiro atoms. The summed E-state index contributed by atoms with van der Waals surface area (Å²) in [4.78, 5) is 16.4. The molecule has 11 heteroatoms. The van der Waals surface area contributed by atoms with Crippen molar-refractivity contribution in [1.82, 2.24) is 19.2 Å². The third kappa shape index (κ3) is 7.03. The van der Waals surface area contributed by atoms with Gasteiger partial charge in [0.05, 0.1) is 29.3 Å². The molecule has 1 aliphatic heterocycles. The van der Waals surface area contributed by atoms with Gasteiger partial charge in [-0.2, -0.15) is 5.10 Å². The Morgan fingerprint density at radius 1 is 0.885 bits per heavy atom. The van der Waals surface area contributed by atoms with Crippen molar-refractivity contribution >= 4 is 37.5 Å². The quantitative estimate of drug-likeness (QED) is 0.102. The predicted molar refractivity (Wildman–Crippen MR) is 203 cm³/mol. The van der Waals surface area contributed by atoms with E-state index < -0.39 is 9.84 Å². The highest BCUT2D eigenvalue weighted by atomic mass is 32.2. The van der Waals surface area contributed by atoms with Crippen molar-refractivity contribution in [1.29, 1.82) is 0 Å². The molecule has 52 heavy (non-hydrogen) atoms. The normalized spacial score (nSPS) is 13.6. The fourth-order valence-corrected chi connectivity index (χ4v) is 7.96. The number of aryl methyl sites for hydroxylation is 3. The number of para-hydroxylation sites is 1. The summed E-state index contributed by atoms with van der Waals surface area (Å²) >= 11 is 0. The van der Waals surface area contributed by atoms with Crippen LogP contribution in [0.3, 0.4) is 0 Å². The van der Waals surface area contributed by atoms with Gasteiger partial charge in [0.15, 0.2) is 9.84 Å². The number of rotatable bonds is 11. The molecule has 2 aromatic heterocycles. The number of aromatic nitrogens is 3. The molecule has 0 fully saturated rings. The Morgan fingerprint density at radius 3 is 2.42 bits per heavy atom. The Labute approximate surface area is 304 Å². The minimum Gasteiger partial charge on any atom is -0.493 e. The highest BCUT2D eigenvalue weighted by molar-refractivity contribution is 7.90. The Kier molecular flexibility index (Phi) is 10.1. The molecule has 0 aliphatic carbocycles. The van der Waals surface area contributed by atoms with Gasteiger partial charge in [-0.25, -0.2) is 13.2 Å². The maximum Gasteiger partial charge on any atom is 0.355 e. The van der Waals surface area contributed by atoms with Crippen LogP contribution in [0.4, 0.5) is 0 Å². The monoisotopic (exact) mass is 720 g/mol. The van der Waals surface area contributed by atoms with Crippen LogP contribution < -0.4 is 9.47 Å². The molecule has 1 aliphatic rings. The van der Waals surface area contributed by atoms with Crippen LogP contribution in [0, 0.1) is 0 Å². The smallest absolute Gasteiger partial charge is 0.355 e. The first-order valence-corrected chi connectivity index (χ1v) is 19.6. The summed E-state index contributed by atoms with van der Waals surface area (Å²) in [7, 11) is 0.728. The van der Waals surface area contributed by atoms with Crippen molar-refractivity contribution in [3.05, 3.63) is 108 Å². The molecule has 3 heterocycles. The van der Waals surface area contributed by atoms with Gasteiger partial charge in [0.2, 0.25) is 0 Å². The van der Waals surface area contributed by atoms with E-state index in [0.29, 0.717) is 44.0 Å². The van der Waals surface area contributed by atoms with Crippen molar-refractivity contribution in [2.75, 3.05) is 33.1 Å². The number of hydrogen-bond donors (Lipinski definition) is 0. The number of esters is 1. The van der Waals surface area contributed by atoms with E-state index in [2.05, 4.69) is 46.8 Å². The Hall–Kier alpha value is -5.13. The van der Waals surface area contributed by atoms with E-state index >= 15 is 0 Å². The fourth-order valence-electron chi connectivity index (χ4n) is 7.33. The molecule has 7 rings (SSSR count). The van der Waals surface area contributed by atoms with Crippen LogP contribution in [0.1, 0.15) is 47.2 Å². The van der Waals surface area contributed by atoms with Crippen LogP contribution in [-0.2, 0) is 47.7 Å². The van der Waals surface area contributed by atoms with Gasteiger partial charge in [-0.1, -0.05) is 54.6 Å². The molecule has 4 aromatic carbocycles. The van der Waals surface area contributed by atoms with Crippen LogP contribution in [-0.4, -0.2) is 66.7 Å². The Bertz CT molecular complexity index is 2360. The lowest BCUT2D eigenvalue weighted by molar-refractivity contribution is 0.0512. The van der Waals surface area contributed by atoms with Gasteiger partial charge < -0.3 is 23.7 Å². The molecule has 6 aromatic rings. The number of hydrogen-bond acceptors (Lipinski definition) is 8. The third-order valence-electron chi connectivity index (χ3n) is 9.71. The number of ether oxygens (including phenoxy) is 3. The highest BCUT2D eigenvalue weighted by Crippen LogP contribution is 2.40. The average molecular weight is 721 g/mol. The number of carbonyl (C=O) groups excluding carboxylic acids is 1. The van der Waals surface area contributed by atoms with E-state index in [9.17, 15) is 13.2 Å². The van der Waals surface area contributed by atoms with Gasteiger partial charge in [0, 0.05) is 48.3 Å². The van der Waals surface area contributed by atoms with E-state index in [-0.39, 0.29) is 24.1 Å². The summed E-state index contributed by atoms with van der Waals surface area (Å²) < 4.78 is 46.4. The van der Waals surface area contributed by atoms with Crippen molar-refractivity contribution in [2.45, 2.75) is 50.8 Å². The number of benzene rings is 4. The molecule has 0 N–H and O–H groups in total. The number of nitrogens with zero attached hydrogens (tertiary/aromatic N) is 4. The summed E-state index contributed by atoms with van der Waals surface area (Å²) in [6.45, 7) is 4.93. The minimum absolute atomic E-state index is 0.172. The van der Waals surface area contributed by atoms with E-state index in [1.54, 1.807) is 24.3 Å². The van der Waals surface area contributed by atoms with Gasteiger partial charge in [0.25, 0.3) is 0 Å². The maximum atomic E-state index is 13.9. The summed E-state index contributed by atoms with van der Waals surface area (Å²) in [6, 6.07) is 27.0. The van der Waals surface area contributed by atoms with Crippen LogP contribution in [0.2, 0.25) is 0 Å². The average Bonchev–Trinajstić information content (AvgIpc) is 3.62. The molecular weight excluding hydrogens is 677 g/mol. The maximum absolute atomic E-state index is 13.9. The molecule has 0 radical (unpaired) electrons. The van der Waals surface area contributed by atoms with Crippen LogP contribution in [0.5, 0.6) is 11.5 Å². The standard InChI is InChI=1S/C41H44N4O6S/c1-5-49-41(46)40-33(17-10-25-50-37-18-8-13-28-12-6-7-14-31(28)37)32-15-9-16-34-38-35(27-51-29-19-21-30(22-20-29)52(4,47)48)42-44(3)36(38)26-43(2)23-11-24-45(40)39(32)34/h6-9,12-16,18-22H,5,10-11,17,23-27H2,1-4H3. The molecule has 0 saturated heterocycles. The molecule has 0 saturated carbocycles. The SMILES string of the molecule is CCOC(=O)c1c(CCCOc2cccc3ccccc23)c2cccc3c2n1CCCN(C)Cc1c-3c(COc2ccc(S(C)(=O)=O)cc2)nn1C. The fraction of sp³-hybridized carbons (Fsp3) is 0.317. The van der Waals surface area contributed by atoms with Gasteiger partial charge >= 0.3 is 5.97 Å². The first-order valence-electron chi connectivity index (χ1n) is 17.7. The van der Waals surface area contributed by atoms with E-state index in [1.165, 1.54) is 6.26 Å². The zero-order valence-corrected chi connectivity index (χ0v) is 30.9. The van der Waals surface area contributed by atoms with Crippen molar-refractivity contribution in [3.63, 3.8) is 0 Å². The molecule has 0 atom stereocenters. The molecule has 10 nitrogen and oxygen atoms in total. The topological polar surface area (TPSA) is 105 Å². The second kappa shape index (κ2) is 14.8. The minimum atomic E-state index is -3.32. The van der Waals surface area contributed by atoms with Gasteiger partial charge in [-0.15, -0.1) is 0 Å². The van der Waals surface area contributed by atoms with E-state index in [0.717, 1.165) is 68.5 Å². The van der Waals surface area contributed by atoms with Gasteiger partial charge in [-0.05, 0) is 81.1 Å². The molecule has 0 amide bonds. The summed E-state index contributed by atoms with van der Waals surface area (Å²) in [5, 5.41) is 8.18. The lowest BCUT2D eigenvalue weighted by Crippen LogP contribution is -2.24.